The molecule has 6 rings (SSSR count). The Bertz CT molecular complexity index is 1940. The number of esters is 2. The third-order valence-corrected chi connectivity index (χ3v) is 7.95. The van der Waals surface area contributed by atoms with Gasteiger partial charge in [0, 0.05) is 17.5 Å². The minimum absolute atomic E-state index is 0.0461. The van der Waals surface area contributed by atoms with Crippen molar-refractivity contribution in [2.24, 2.45) is 0 Å². The number of ether oxygens (including phenoxy) is 2. The number of aliphatic hydroxyl groups excluding tert-OH is 2. The number of aromatic hydroxyl groups is 2. The lowest BCUT2D eigenvalue weighted by atomic mass is 9.95. The topological polar surface area (TPSA) is 195 Å². The molecule has 14 heteroatoms. The maximum atomic E-state index is 12.3. The van der Waals surface area contributed by atoms with Crippen LogP contribution in [0.15, 0.2) is 72.8 Å². The third kappa shape index (κ3) is 7.05. The number of aromatic nitrogens is 6. The Hall–Kier alpha value is -5.86. The fourth-order valence-electron chi connectivity index (χ4n) is 5.42. The molecule has 4 N–H and O–H groups in total. The highest BCUT2D eigenvalue weighted by Gasteiger charge is 2.24. The standard InChI is InChI=1S/C35H34N6O8/c1-20(48-32(44)11-13-42)22-15-24(34(46)30(18-22)40-36-26-7-3-4-8-27(26)37-40)17-25-16-23(21(2)49-33(45)12-14-43)19-31(35(25)47)41-38-28-9-5-6-10-29(28)39-41/h3-10,15-16,18-21,42-43,46-47H,11-14,17H2,1-2H3. The predicted octanol–water partition coefficient (Wildman–Crippen LogP) is 4.13. The highest BCUT2D eigenvalue weighted by molar-refractivity contribution is 5.75. The van der Waals surface area contributed by atoms with Crippen LogP contribution in [0.4, 0.5) is 0 Å². The molecule has 2 aromatic heterocycles. The van der Waals surface area contributed by atoms with Crippen molar-refractivity contribution in [1.29, 1.82) is 0 Å². The molecule has 2 heterocycles. The summed E-state index contributed by atoms with van der Waals surface area (Å²) in [6, 6.07) is 20.9. The van der Waals surface area contributed by atoms with Crippen molar-refractivity contribution < 1.29 is 39.5 Å². The zero-order chi connectivity index (χ0) is 34.7. The molecule has 0 bridgehead atoms. The molecule has 0 saturated carbocycles. The van der Waals surface area contributed by atoms with Crippen LogP contribution in [0.5, 0.6) is 11.5 Å². The molecule has 0 saturated heterocycles. The summed E-state index contributed by atoms with van der Waals surface area (Å²) < 4.78 is 11.1. The van der Waals surface area contributed by atoms with Crippen LogP contribution in [0.25, 0.3) is 33.4 Å². The second-order valence-electron chi connectivity index (χ2n) is 11.4. The first kappa shape index (κ1) is 33.1. The number of hydrogen-bond acceptors (Lipinski definition) is 12. The van der Waals surface area contributed by atoms with Crippen molar-refractivity contribution in [2.75, 3.05) is 13.2 Å². The van der Waals surface area contributed by atoms with Crippen LogP contribution in [0.1, 0.15) is 61.2 Å². The number of benzene rings is 4. The van der Waals surface area contributed by atoms with E-state index >= 15 is 0 Å². The van der Waals surface area contributed by atoms with Gasteiger partial charge in [-0.15, -0.1) is 30.0 Å². The van der Waals surface area contributed by atoms with E-state index in [0.29, 0.717) is 44.3 Å². The quantitative estimate of drug-likeness (QED) is 0.137. The average molecular weight is 667 g/mol. The molecular weight excluding hydrogens is 632 g/mol. The van der Waals surface area contributed by atoms with Crippen LogP contribution >= 0.6 is 0 Å². The van der Waals surface area contributed by atoms with Gasteiger partial charge in [0.25, 0.3) is 0 Å². The monoisotopic (exact) mass is 666 g/mol. The normalized spacial score (nSPS) is 12.7. The minimum Gasteiger partial charge on any atom is -0.505 e. The summed E-state index contributed by atoms with van der Waals surface area (Å²) in [6.45, 7) is 2.59. The maximum Gasteiger partial charge on any atom is 0.308 e. The van der Waals surface area contributed by atoms with Gasteiger partial charge in [-0.3, -0.25) is 9.59 Å². The molecule has 0 fully saturated rings. The van der Waals surface area contributed by atoms with E-state index in [0.717, 1.165) is 0 Å². The molecule has 2 atom stereocenters. The maximum absolute atomic E-state index is 12.3. The molecule has 2 unspecified atom stereocenters. The van der Waals surface area contributed by atoms with E-state index in [4.69, 9.17) is 9.47 Å². The number of phenols is 2. The smallest absolute Gasteiger partial charge is 0.308 e. The van der Waals surface area contributed by atoms with Crippen molar-refractivity contribution >= 4 is 34.0 Å². The van der Waals surface area contributed by atoms with E-state index in [2.05, 4.69) is 20.4 Å². The summed E-state index contributed by atoms with van der Waals surface area (Å²) in [5, 5.41) is 59.9. The number of fused-ring (bicyclic) bond motifs is 2. The van der Waals surface area contributed by atoms with Crippen LogP contribution < -0.4 is 0 Å². The van der Waals surface area contributed by atoms with Crippen LogP contribution in [0.3, 0.4) is 0 Å². The van der Waals surface area contributed by atoms with Gasteiger partial charge in [-0.2, -0.15) is 0 Å². The van der Waals surface area contributed by atoms with Crippen LogP contribution in [-0.2, 0) is 25.5 Å². The molecule has 6 aromatic rings. The number of hydrogen-bond donors (Lipinski definition) is 4. The van der Waals surface area contributed by atoms with Crippen molar-refractivity contribution in [3.05, 3.63) is 95.1 Å². The Labute approximate surface area is 279 Å². The van der Waals surface area contributed by atoms with Gasteiger partial charge in [-0.25, -0.2) is 0 Å². The minimum atomic E-state index is -0.788. The van der Waals surface area contributed by atoms with Gasteiger partial charge >= 0.3 is 11.9 Å². The van der Waals surface area contributed by atoms with Gasteiger partial charge in [-0.1, -0.05) is 24.3 Å². The van der Waals surface area contributed by atoms with Crippen molar-refractivity contribution in [2.45, 2.75) is 45.3 Å². The van der Waals surface area contributed by atoms with Gasteiger partial charge in [-0.05, 0) is 73.5 Å². The molecular formula is C35H34N6O8. The zero-order valence-corrected chi connectivity index (χ0v) is 26.7. The molecule has 0 radical (unpaired) electrons. The largest absolute Gasteiger partial charge is 0.505 e. The first-order chi connectivity index (χ1) is 23.6. The van der Waals surface area contributed by atoms with E-state index in [1.807, 2.05) is 24.3 Å². The third-order valence-electron chi connectivity index (χ3n) is 7.95. The Morgan fingerprint density at radius 2 is 0.980 bits per heavy atom. The summed E-state index contributed by atoms with van der Waals surface area (Å²) in [5.74, 6) is -1.58. The number of carbonyl (C=O) groups excluding carboxylic acids is 2. The Kier molecular flexibility index (Phi) is 9.51. The zero-order valence-electron chi connectivity index (χ0n) is 26.7. The van der Waals surface area contributed by atoms with Gasteiger partial charge < -0.3 is 29.9 Å². The van der Waals surface area contributed by atoms with Crippen molar-refractivity contribution in [3.8, 4) is 22.9 Å². The average Bonchev–Trinajstić information content (AvgIpc) is 3.71. The summed E-state index contributed by atoms with van der Waals surface area (Å²) in [6.07, 6.45) is -1.99. The second-order valence-corrected chi connectivity index (χ2v) is 11.4. The Morgan fingerprint density at radius 1 is 0.633 bits per heavy atom. The van der Waals surface area contributed by atoms with E-state index in [1.165, 1.54) is 9.59 Å². The number of carbonyl (C=O) groups is 2. The van der Waals surface area contributed by atoms with Crippen molar-refractivity contribution in [1.82, 2.24) is 30.0 Å². The van der Waals surface area contributed by atoms with Gasteiger partial charge in [0.15, 0.2) is 0 Å². The molecule has 0 aliphatic carbocycles. The predicted molar refractivity (Wildman–Crippen MR) is 176 cm³/mol. The van der Waals surface area contributed by atoms with E-state index in [1.54, 1.807) is 62.4 Å². The molecule has 4 aromatic carbocycles. The molecule has 0 spiro atoms. The molecule has 0 aliphatic heterocycles. The number of nitrogens with zero attached hydrogens (tertiary/aromatic N) is 6. The fourth-order valence-corrected chi connectivity index (χ4v) is 5.42. The van der Waals surface area contributed by atoms with Gasteiger partial charge in [0.1, 0.15) is 57.1 Å². The molecule has 0 amide bonds. The lowest BCUT2D eigenvalue weighted by Crippen LogP contribution is -2.12. The van der Waals surface area contributed by atoms with Crippen LogP contribution in [0, 0.1) is 0 Å². The highest BCUT2D eigenvalue weighted by atomic mass is 16.5. The van der Waals surface area contributed by atoms with E-state index in [9.17, 15) is 30.0 Å². The summed E-state index contributed by atoms with van der Waals surface area (Å²) in [7, 11) is 0. The summed E-state index contributed by atoms with van der Waals surface area (Å²) >= 11 is 0. The van der Waals surface area contributed by atoms with Gasteiger partial charge in [0.05, 0.1) is 26.1 Å². The summed E-state index contributed by atoms with van der Waals surface area (Å²) in [5.41, 5.74) is 4.44. The van der Waals surface area contributed by atoms with Crippen LogP contribution in [0.2, 0.25) is 0 Å². The lowest BCUT2D eigenvalue weighted by molar-refractivity contribution is -0.150. The van der Waals surface area contributed by atoms with Crippen LogP contribution in [-0.4, -0.2) is 75.6 Å². The van der Waals surface area contributed by atoms with E-state index < -0.39 is 24.1 Å². The highest BCUT2D eigenvalue weighted by Crippen LogP contribution is 2.37. The first-order valence-electron chi connectivity index (χ1n) is 15.6. The van der Waals surface area contributed by atoms with Gasteiger partial charge in [0.2, 0.25) is 0 Å². The first-order valence-corrected chi connectivity index (χ1v) is 15.6. The molecule has 49 heavy (non-hydrogen) atoms. The lowest BCUT2D eigenvalue weighted by Gasteiger charge is -2.20. The molecule has 14 nitrogen and oxygen atoms in total. The fraction of sp³-hybridized carbons (Fsp3) is 0.257. The molecule has 0 aliphatic rings. The number of rotatable bonds is 12. The van der Waals surface area contributed by atoms with E-state index in [-0.39, 0.29) is 55.4 Å². The molecule has 252 valence electrons. The number of aliphatic hydroxyl groups is 2. The van der Waals surface area contributed by atoms with Crippen molar-refractivity contribution in [3.63, 3.8) is 0 Å². The SMILES string of the molecule is CC(OC(=O)CCO)c1cc(Cc2cc(C(C)OC(=O)CCO)cc(-n3nc4ccccc4n3)c2O)c(O)c(-n2nc3ccccc3n2)c1. The number of phenolic OH excluding ortho intramolecular Hbond substituents is 2. The Balaban J connectivity index is 1.48. The second kappa shape index (κ2) is 14.1. The Morgan fingerprint density at radius 3 is 1.31 bits per heavy atom. The summed E-state index contributed by atoms with van der Waals surface area (Å²) in [4.78, 5) is 27.1.